The van der Waals surface area contributed by atoms with Gasteiger partial charge >= 0.3 is 0 Å². The molecule has 2 saturated heterocycles. The van der Waals surface area contributed by atoms with Crippen molar-refractivity contribution in [3.8, 4) is 0 Å². The van der Waals surface area contributed by atoms with Crippen LogP contribution in [0, 0.1) is 11.8 Å². The predicted molar refractivity (Wildman–Crippen MR) is 128 cm³/mol. The number of likely N-dealkylation sites (tertiary alicyclic amines) is 2. The Hall–Kier alpha value is -0.0800. The second-order valence-corrected chi connectivity index (χ2v) is 8.54. The lowest BCUT2D eigenvalue weighted by Gasteiger charge is -2.34. The molecule has 0 atom stereocenters. The lowest BCUT2D eigenvalue weighted by molar-refractivity contribution is 0.186. The molecule has 0 amide bonds. The average Bonchev–Trinajstić information content (AvgIpc) is 2.63. The van der Waals surface area contributed by atoms with Crippen LogP contribution < -0.4 is 10.6 Å². The molecule has 0 aromatic rings. The highest BCUT2D eigenvalue weighted by Gasteiger charge is 2.21. The molecule has 2 N–H and O–H groups in total. The van der Waals surface area contributed by atoms with Crippen molar-refractivity contribution in [2.75, 3.05) is 52.4 Å². The number of guanidine groups is 1. The highest BCUT2D eigenvalue weighted by atomic mass is 127. The first kappa shape index (κ1) is 25.0. The van der Waals surface area contributed by atoms with E-state index in [1.165, 1.54) is 71.4 Å². The molecule has 0 aromatic carbocycles. The van der Waals surface area contributed by atoms with Gasteiger partial charge in [-0.05, 0) is 70.5 Å². The molecule has 0 aromatic heterocycles. The van der Waals surface area contributed by atoms with Crippen molar-refractivity contribution in [2.45, 2.75) is 65.8 Å². The minimum atomic E-state index is 0. The molecule has 0 unspecified atom stereocenters. The van der Waals surface area contributed by atoms with Crippen molar-refractivity contribution in [3.63, 3.8) is 0 Å². The summed E-state index contributed by atoms with van der Waals surface area (Å²) in [6.45, 7) is 18.4. The Balaban J connectivity index is 0.00000364. The summed E-state index contributed by atoms with van der Waals surface area (Å²) in [5.74, 6) is 2.66. The first-order chi connectivity index (χ1) is 12.6. The monoisotopic (exact) mass is 493 g/mol. The molecule has 0 bridgehead atoms. The third-order valence-corrected chi connectivity index (χ3v) is 5.86. The van der Waals surface area contributed by atoms with Crippen molar-refractivity contribution in [1.82, 2.24) is 20.4 Å². The fraction of sp³-hybridized carbons (Fsp3) is 0.952. The smallest absolute Gasteiger partial charge is 0.191 e. The SMILES string of the molecule is CCNC(=NCCC1CCN(CC)CC1)NC1CCN(CC(C)C)CC1.I. The van der Waals surface area contributed by atoms with E-state index < -0.39 is 0 Å². The average molecular weight is 494 g/mol. The van der Waals surface area contributed by atoms with Gasteiger partial charge < -0.3 is 20.4 Å². The largest absolute Gasteiger partial charge is 0.357 e. The van der Waals surface area contributed by atoms with Gasteiger partial charge in [-0.1, -0.05) is 20.8 Å². The van der Waals surface area contributed by atoms with E-state index in [1.807, 2.05) is 0 Å². The lowest BCUT2D eigenvalue weighted by Crippen LogP contribution is -2.49. The summed E-state index contributed by atoms with van der Waals surface area (Å²) in [6, 6.07) is 0.573. The summed E-state index contributed by atoms with van der Waals surface area (Å²) in [7, 11) is 0. The molecular weight excluding hydrogens is 449 g/mol. The van der Waals surface area contributed by atoms with Crippen LogP contribution in [0.2, 0.25) is 0 Å². The normalized spacial score (nSPS) is 21.3. The van der Waals surface area contributed by atoms with E-state index >= 15 is 0 Å². The zero-order chi connectivity index (χ0) is 18.8. The number of hydrogen-bond acceptors (Lipinski definition) is 3. The van der Waals surface area contributed by atoms with Crippen molar-refractivity contribution < 1.29 is 0 Å². The van der Waals surface area contributed by atoms with Crippen LogP contribution in [-0.2, 0) is 0 Å². The van der Waals surface area contributed by atoms with Gasteiger partial charge in [-0.15, -0.1) is 24.0 Å². The molecule has 160 valence electrons. The lowest BCUT2D eigenvalue weighted by atomic mass is 9.94. The van der Waals surface area contributed by atoms with E-state index in [4.69, 9.17) is 4.99 Å². The van der Waals surface area contributed by atoms with E-state index in [2.05, 4.69) is 48.1 Å². The first-order valence-electron chi connectivity index (χ1n) is 11.1. The zero-order valence-corrected chi connectivity index (χ0v) is 20.5. The zero-order valence-electron chi connectivity index (χ0n) is 18.2. The maximum atomic E-state index is 4.88. The molecule has 0 aliphatic carbocycles. The first-order valence-corrected chi connectivity index (χ1v) is 11.1. The van der Waals surface area contributed by atoms with Gasteiger partial charge in [0, 0.05) is 38.8 Å². The van der Waals surface area contributed by atoms with Gasteiger partial charge in [-0.25, -0.2) is 0 Å². The standard InChI is InChI=1S/C21H43N5.HI/c1-5-22-21(23-12-7-19-8-13-25(6-2)14-9-19)24-20-10-15-26(16-11-20)17-18(3)4;/h18-20H,5-17H2,1-4H3,(H2,22,23,24);1H. The Bertz CT molecular complexity index is 399. The third kappa shape index (κ3) is 9.79. The number of halogens is 1. The van der Waals surface area contributed by atoms with Crippen LogP contribution in [0.15, 0.2) is 4.99 Å². The van der Waals surface area contributed by atoms with Gasteiger partial charge in [0.25, 0.3) is 0 Å². The number of piperidine rings is 2. The molecule has 2 rings (SSSR count). The number of aliphatic imine (C=N–C) groups is 1. The molecule has 2 heterocycles. The number of nitrogens with zero attached hydrogens (tertiary/aromatic N) is 3. The minimum absolute atomic E-state index is 0. The number of hydrogen-bond donors (Lipinski definition) is 2. The minimum Gasteiger partial charge on any atom is -0.357 e. The summed E-state index contributed by atoms with van der Waals surface area (Å²) in [4.78, 5) is 10.0. The van der Waals surface area contributed by atoms with E-state index in [-0.39, 0.29) is 24.0 Å². The van der Waals surface area contributed by atoms with Gasteiger partial charge in [0.15, 0.2) is 5.96 Å². The second-order valence-electron chi connectivity index (χ2n) is 8.54. The third-order valence-electron chi connectivity index (χ3n) is 5.86. The van der Waals surface area contributed by atoms with Crippen LogP contribution in [0.1, 0.15) is 59.8 Å². The van der Waals surface area contributed by atoms with Gasteiger partial charge in [-0.2, -0.15) is 0 Å². The van der Waals surface area contributed by atoms with Crippen molar-refractivity contribution in [2.24, 2.45) is 16.8 Å². The maximum Gasteiger partial charge on any atom is 0.191 e. The van der Waals surface area contributed by atoms with Crippen molar-refractivity contribution >= 4 is 29.9 Å². The molecular formula is C21H44IN5. The molecule has 0 spiro atoms. The molecule has 0 radical (unpaired) electrons. The number of nitrogens with one attached hydrogen (secondary N) is 2. The van der Waals surface area contributed by atoms with Gasteiger partial charge in [0.2, 0.25) is 0 Å². The fourth-order valence-corrected chi connectivity index (χ4v) is 4.24. The molecule has 0 saturated carbocycles. The topological polar surface area (TPSA) is 42.9 Å². The van der Waals surface area contributed by atoms with Gasteiger partial charge in [0.1, 0.15) is 0 Å². The highest BCUT2D eigenvalue weighted by molar-refractivity contribution is 14.0. The maximum absolute atomic E-state index is 4.88. The van der Waals surface area contributed by atoms with Gasteiger partial charge in [-0.3, -0.25) is 4.99 Å². The Morgan fingerprint density at radius 1 is 1.00 bits per heavy atom. The van der Waals surface area contributed by atoms with Crippen molar-refractivity contribution in [3.05, 3.63) is 0 Å². The summed E-state index contributed by atoms with van der Waals surface area (Å²) in [5.41, 5.74) is 0. The molecule has 5 nitrogen and oxygen atoms in total. The Kier molecular flexibility index (Phi) is 12.9. The van der Waals surface area contributed by atoms with Crippen LogP contribution in [0.25, 0.3) is 0 Å². The van der Waals surface area contributed by atoms with Crippen molar-refractivity contribution in [1.29, 1.82) is 0 Å². The van der Waals surface area contributed by atoms with Crippen LogP contribution in [0.4, 0.5) is 0 Å². The summed E-state index contributed by atoms with van der Waals surface area (Å²) < 4.78 is 0. The molecule has 2 aliphatic rings. The van der Waals surface area contributed by atoms with E-state index in [1.54, 1.807) is 0 Å². The van der Waals surface area contributed by atoms with E-state index in [0.717, 1.165) is 30.9 Å². The molecule has 2 fully saturated rings. The molecule has 6 heteroatoms. The van der Waals surface area contributed by atoms with Crippen LogP contribution in [-0.4, -0.2) is 74.2 Å². The van der Waals surface area contributed by atoms with E-state index in [0.29, 0.717) is 6.04 Å². The molecule has 27 heavy (non-hydrogen) atoms. The highest BCUT2D eigenvalue weighted by Crippen LogP contribution is 2.20. The van der Waals surface area contributed by atoms with Gasteiger partial charge in [0.05, 0.1) is 0 Å². The molecule has 2 aliphatic heterocycles. The summed E-state index contributed by atoms with van der Waals surface area (Å²) >= 11 is 0. The Morgan fingerprint density at radius 2 is 1.63 bits per heavy atom. The quantitative estimate of drug-likeness (QED) is 0.309. The second kappa shape index (κ2) is 14.0. The van der Waals surface area contributed by atoms with Crippen LogP contribution >= 0.6 is 24.0 Å². The predicted octanol–water partition coefficient (Wildman–Crippen LogP) is 3.40. The number of rotatable bonds is 8. The Morgan fingerprint density at radius 3 is 2.19 bits per heavy atom. The van der Waals surface area contributed by atoms with E-state index in [9.17, 15) is 0 Å². The summed E-state index contributed by atoms with van der Waals surface area (Å²) in [6.07, 6.45) is 6.39. The Labute approximate surface area is 185 Å². The fourth-order valence-electron chi connectivity index (χ4n) is 4.24. The summed E-state index contributed by atoms with van der Waals surface area (Å²) in [5, 5.41) is 7.13. The van der Waals surface area contributed by atoms with Crippen LogP contribution in [0.3, 0.4) is 0 Å². The van der Waals surface area contributed by atoms with Crippen LogP contribution in [0.5, 0.6) is 0 Å².